The average Bonchev–Trinajstić information content (AvgIpc) is 2.94. The van der Waals surface area contributed by atoms with E-state index in [1.54, 1.807) is 29.2 Å². The first-order valence-electron chi connectivity index (χ1n) is 7.21. The molecule has 0 aliphatic carbocycles. The van der Waals surface area contributed by atoms with Gasteiger partial charge in [0.1, 0.15) is 11.9 Å². The largest absolute Gasteiger partial charge is 0.489 e. The Balaban J connectivity index is 1.71. The zero-order valence-corrected chi connectivity index (χ0v) is 12.9. The first kappa shape index (κ1) is 16.4. The summed E-state index contributed by atoms with van der Waals surface area (Å²) in [5.41, 5.74) is 0. The normalized spacial score (nSPS) is 17.3. The first-order valence-corrected chi connectivity index (χ1v) is 7.59. The van der Waals surface area contributed by atoms with Gasteiger partial charge in [-0.25, -0.2) is 4.79 Å². The highest BCUT2D eigenvalue weighted by Gasteiger charge is 2.27. The molecular formula is C15H19ClN2O4. The minimum Gasteiger partial charge on any atom is -0.489 e. The molecule has 1 fully saturated rings. The van der Waals surface area contributed by atoms with Crippen LogP contribution in [0.15, 0.2) is 24.3 Å². The monoisotopic (exact) mass is 326 g/mol. The lowest BCUT2D eigenvalue weighted by molar-refractivity contribution is -0.137. The maximum absolute atomic E-state index is 11.9. The zero-order valence-electron chi connectivity index (χ0n) is 12.1. The van der Waals surface area contributed by atoms with Crippen LogP contribution in [0.25, 0.3) is 0 Å². The number of carbonyl (C=O) groups is 2. The van der Waals surface area contributed by atoms with Crippen LogP contribution in [-0.2, 0) is 4.79 Å². The molecule has 1 aliphatic rings. The fourth-order valence-electron chi connectivity index (χ4n) is 2.26. The van der Waals surface area contributed by atoms with E-state index < -0.39 is 5.97 Å². The van der Waals surface area contributed by atoms with Crippen LogP contribution in [0, 0.1) is 0 Å². The van der Waals surface area contributed by atoms with Crippen molar-refractivity contribution in [2.45, 2.75) is 25.4 Å². The third-order valence-corrected chi connectivity index (χ3v) is 3.64. The van der Waals surface area contributed by atoms with Crippen molar-refractivity contribution < 1.29 is 19.4 Å². The van der Waals surface area contributed by atoms with Gasteiger partial charge in [0.25, 0.3) is 0 Å². The van der Waals surface area contributed by atoms with Gasteiger partial charge in [-0.2, -0.15) is 0 Å². The third-order valence-electron chi connectivity index (χ3n) is 3.39. The van der Waals surface area contributed by atoms with Gasteiger partial charge in [0, 0.05) is 31.0 Å². The minimum atomic E-state index is -0.855. The molecule has 7 heteroatoms. The Labute approximate surface area is 134 Å². The predicted molar refractivity (Wildman–Crippen MR) is 82.3 cm³/mol. The molecule has 2 N–H and O–H groups in total. The predicted octanol–water partition coefficient (Wildman–Crippen LogP) is 2.37. The van der Waals surface area contributed by atoms with Crippen LogP contribution >= 0.6 is 11.6 Å². The van der Waals surface area contributed by atoms with Gasteiger partial charge in [0.2, 0.25) is 0 Å². The number of halogens is 1. The van der Waals surface area contributed by atoms with Crippen LogP contribution in [0.5, 0.6) is 5.75 Å². The minimum absolute atomic E-state index is 0.0362. The molecule has 1 unspecified atom stereocenters. The van der Waals surface area contributed by atoms with E-state index in [1.165, 1.54) is 0 Å². The number of carboxylic acids is 1. The van der Waals surface area contributed by atoms with E-state index in [1.807, 2.05) is 0 Å². The van der Waals surface area contributed by atoms with Crippen LogP contribution in [0.2, 0.25) is 5.02 Å². The number of nitrogens with one attached hydrogen (secondary N) is 1. The van der Waals surface area contributed by atoms with Crippen molar-refractivity contribution in [1.82, 2.24) is 10.2 Å². The van der Waals surface area contributed by atoms with Crippen molar-refractivity contribution in [3.05, 3.63) is 29.3 Å². The van der Waals surface area contributed by atoms with Crippen molar-refractivity contribution in [2.24, 2.45) is 0 Å². The second-order valence-electron chi connectivity index (χ2n) is 5.16. The Kier molecular flexibility index (Phi) is 5.89. The van der Waals surface area contributed by atoms with Gasteiger partial charge < -0.3 is 20.1 Å². The summed E-state index contributed by atoms with van der Waals surface area (Å²) in [7, 11) is 0. The topological polar surface area (TPSA) is 78.9 Å². The van der Waals surface area contributed by atoms with Gasteiger partial charge in [-0.1, -0.05) is 11.6 Å². The number of aliphatic carboxylic acids is 1. The van der Waals surface area contributed by atoms with Crippen molar-refractivity contribution in [3.8, 4) is 5.75 Å². The first-order chi connectivity index (χ1) is 10.5. The van der Waals surface area contributed by atoms with Gasteiger partial charge in [-0.05, 0) is 30.7 Å². The van der Waals surface area contributed by atoms with Crippen LogP contribution in [0.4, 0.5) is 4.79 Å². The molecule has 0 bridgehead atoms. The van der Waals surface area contributed by atoms with Gasteiger partial charge in [0.15, 0.2) is 0 Å². The number of nitrogens with zero attached hydrogens (tertiary/aromatic N) is 1. The number of hydrogen-bond acceptors (Lipinski definition) is 3. The molecule has 0 saturated carbocycles. The molecule has 1 saturated heterocycles. The lowest BCUT2D eigenvalue weighted by atomic mass is 10.3. The SMILES string of the molecule is O=C(O)CCCNC(=O)N1CCC(Oc2ccc(Cl)cc2)C1. The Morgan fingerprint density at radius 3 is 2.77 bits per heavy atom. The smallest absolute Gasteiger partial charge is 0.317 e. The number of carboxylic acid groups (broad SMARTS) is 1. The van der Waals surface area contributed by atoms with E-state index in [-0.39, 0.29) is 18.6 Å². The highest BCUT2D eigenvalue weighted by atomic mass is 35.5. The number of urea groups is 1. The Morgan fingerprint density at radius 1 is 1.36 bits per heavy atom. The van der Waals surface area contributed by atoms with Crippen molar-refractivity contribution in [2.75, 3.05) is 19.6 Å². The van der Waals surface area contributed by atoms with Crippen LogP contribution in [-0.4, -0.2) is 47.7 Å². The van der Waals surface area contributed by atoms with E-state index in [9.17, 15) is 9.59 Å². The van der Waals surface area contributed by atoms with Crippen LogP contribution in [0.3, 0.4) is 0 Å². The molecule has 1 heterocycles. The van der Waals surface area contributed by atoms with Crippen molar-refractivity contribution >= 4 is 23.6 Å². The highest BCUT2D eigenvalue weighted by molar-refractivity contribution is 6.30. The fraction of sp³-hybridized carbons (Fsp3) is 0.467. The van der Waals surface area contributed by atoms with Gasteiger partial charge in [-0.3, -0.25) is 4.79 Å². The van der Waals surface area contributed by atoms with Crippen molar-refractivity contribution in [1.29, 1.82) is 0 Å². The van der Waals surface area contributed by atoms with E-state index in [4.69, 9.17) is 21.4 Å². The maximum Gasteiger partial charge on any atom is 0.317 e. The summed E-state index contributed by atoms with van der Waals surface area (Å²) in [4.78, 5) is 24.0. The second-order valence-corrected chi connectivity index (χ2v) is 5.59. The van der Waals surface area contributed by atoms with Gasteiger partial charge >= 0.3 is 12.0 Å². The molecule has 1 aliphatic heterocycles. The zero-order chi connectivity index (χ0) is 15.9. The molecule has 0 spiro atoms. The van der Waals surface area contributed by atoms with Crippen molar-refractivity contribution in [3.63, 3.8) is 0 Å². The Bertz CT molecular complexity index is 521. The van der Waals surface area contributed by atoms with Crippen LogP contribution < -0.4 is 10.1 Å². The molecule has 6 nitrogen and oxygen atoms in total. The summed E-state index contributed by atoms with van der Waals surface area (Å²) in [6, 6.07) is 6.96. The second kappa shape index (κ2) is 7.89. The summed E-state index contributed by atoms with van der Waals surface area (Å²) in [6.07, 6.45) is 1.22. The summed E-state index contributed by atoms with van der Waals surface area (Å²) in [5.74, 6) is -0.120. The fourth-order valence-corrected chi connectivity index (χ4v) is 2.39. The lowest BCUT2D eigenvalue weighted by Crippen LogP contribution is -2.39. The summed E-state index contributed by atoms with van der Waals surface area (Å²) in [6.45, 7) is 1.51. The third kappa shape index (κ3) is 5.11. The van der Waals surface area contributed by atoms with Gasteiger partial charge in [0.05, 0.1) is 6.54 Å². The molecular weight excluding hydrogens is 308 g/mol. The number of ether oxygens (including phenoxy) is 1. The number of carbonyl (C=O) groups excluding carboxylic acids is 1. The molecule has 22 heavy (non-hydrogen) atoms. The van der Waals surface area contributed by atoms with E-state index in [0.717, 1.165) is 12.2 Å². The number of hydrogen-bond donors (Lipinski definition) is 2. The highest BCUT2D eigenvalue weighted by Crippen LogP contribution is 2.20. The number of likely N-dealkylation sites (tertiary alicyclic amines) is 1. The molecule has 1 aromatic rings. The quantitative estimate of drug-likeness (QED) is 0.787. The summed E-state index contributed by atoms with van der Waals surface area (Å²) in [5, 5.41) is 11.9. The van der Waals surface area contributed by atoms with Crippen LogP contribution in [0.1, 0.15) is 19.3 Å². The molecule has 0 radical (unpaired) electrons. The van der Waals surface area contributed by atoms with E-state index in [2.05, 4.69) is 5.32 Å². The Hall–Kier alpha value is -1.95. The average molecular weight is 327 g/mol. The molecule has 0 aromatic heterocycles. The number of benzene rings is 1. The number of rotatable bonds is 6. The van der Waals surface area contributed by atoms with E-state index in [0.29, 0.717) is 31.1 Å². The Morgan fingerprint density at radius 2 is 2.09 bits per heavy atom. The molecule has 2 rings (SSSR count). The lowest BCUT2D eigenvalue weighted by Gasteiger charge is -2.18. The van der Waals surface area contributed by atoms with E-state index >= 15 is 0 Å². The molecule has 120 valence electrons. The molecule has 1 aromatic carbocycles. The number of amides is 2. The van der Waals surface area contributed by atoms with Gasteiger partial charge in [-0.15, -0.1) is 0 Å². The summed E-state index contributed by atoms with van der Waals surface area (Å²) >= 11 is 5.82. The summed E-state index contributed by atoms with van der Waals surface area (Å²) < 4.78 is 5.81. The maximum atomic E-state index is 11.9. The molecule has 2 amide bonds. The molecule has 1 atom stereocenters. The standard InChI is InChI=1S/C15H19ClN2O4/c16-11-3-5-12(6-4-11)22-13-7-9-18(10-13)15(21)17-8-1-2-14(19)20/h3-6,13H,1-2,7-10H2,(H,17,21)(H,19,20).